The molecular formula is C27H24ClF3N10O2. The Hall–Kier alpha value is -4.84. The second-order valence-electron chi connectivity index (χ2n) is 9.97. The van der Waals surface area contributed by atoms with Gasteiger partial charge in [0.15, 0.2) is 5.82 Å². The van der Waals surface area contributed by atoms with Gasteiger partial charge >= 0.3 is 6.18 Å². The minimum absolute atomic E-state index is 0.0191. The van der Waals surface area contributed by atoms with E-state index < -0.39 is 23.8 Å². The molecule has 0 radical (unpaired) electrons. The number of nitrogens with zero attached hydrogens (tertiary/aromatic N) is 8. The Balaban J connectivity index is 1.50. The molecule has 0 saturated heterocycles. The minimum atomic E-state index is -4.79. The fourth-order valence-corrected chi connectivity index (χ4v) is 5.02. The van der Waals surface area contributed by atoms with Crippen LogP contribution in [0.15, 0.2) is 36.5 Å². The van der Waals surface area contributed by atoms with E-state index in [0.29, 0.717) is 10.4 Å². The van der Waals surface area contributed by atoms with Gasteiger partial charge in [0.25, 0.3) is 17.6 Å². The third-order valence-electron chi connectivity index (χ3n) is 6.83. The van der Waals surface area contributed by atoms with Gasteiger partial charge in [0, 0.05) is 12.2 Å². The fraction of sp³-hybridized carbons (Fsp3) is 0.333. The summed E-state index contributed by atoms with van der Waals surface area (Å²) in [4.78, 5) is 32.0. The van der Waals surface area contributed by atoms with Crippen LogP contribution < -0.4 is 10.6 Å². The molecule has 1 aromatic carbocycles. The van der Waals surface area contributed by atoms with E-state index in [-0.39, 0.29) is 51.6 Å². The number of nitriles is 1. The summed E-state index contributed by atoms with van der Waals surface area (Å²) in [5.74, 6) is -2.49. The smallest absolute Gasteiger partial charge is 0.349 e. The zero-order valence-electron chi connectivity index (χ0n) is 22.7. The van der Waals surface area contributed by atoms with E-state index in [1.165, 1.54) is 24.4 Å². The number of aromatic nitrogens is 7. The lowest BCUT2D eigenvalue weighted by molar-refractivity contribution is -0.145. The largest absolute Gasteiger partial charge is 0.455 e. The molecule has 0 bridgehead atoms. The van der Waals surface area contributed by atoms with Crippen LogP contribution in [-0.4, -0.2) is 52.8 Å². The summed E-state index contributed by atoms with van der Waals surface area (Å²) in [5, 5.41) is 29.5. The van der Waals surface area contributed by atoms with Crippen molar-refractivity contribution in [3.8, 4) is 11.9 Å². The maximum absolute atomic E-state index is 13.8. The number of alkyl halides is 3. The molecule has 1 aliphatic carbocycles. The van der Waals surface area contributed by atoms with Gasteiger partial charge < -0.3 is 10.6 Å². The number of benzene rings is 1. The number of amides is 2. The lowest BCUT2D eigenvalue weighted by Gasteiger charge is -2.24. The Morgan fingerprint density at radius 2 is 1.91 bits per heavy atom. The highest BCUT2D eigenvalue weighted by molar-refractivity contribution is 6.32. The van der Waals surface area contributed by atoms with Crippen molar-refractivity contribution in [2.24, 2.45) is 0 Å². The fourth-order valence-electron chi connectivity index (χ4n) is 4.82. The predicted molar refractivity (Wildman–Crippen MR) is 146 cm³/mol. The number of rotatable bonds is 7. The highest BCUT2D eigenvalue weighted by Crippen LogP contribution is 2.27. The first-order chi connectivity index (χ1) is 20.5. The second-order valence-corrected chi connectivity index (χ2v) is 10.4. The van der Waals surface area contributed by atoms with Gasteiger partial charge in [-0.2, -0.15) is 28.3 Å². The maximum Gasteiger partial charge on any atom is 0.455 e. The zero-order chi connectivity index (χ0) is 30.7. The van der Waals surface area contributed by atoms with Gasteiger partial charge in [0.05, 0.1) is 33.6 Å². The first-order valence-corrected chi connectivity index (χ1v) is 13.6. The molecule has 0 spiro atoms. The van der Waals surface area contributed by atoms with Crippen molar-refractivity contribution in [1.82, 2.24) is 40.3 Å². The SMILES string of the molecule is Cc1cc(C#N)cc(C(=O)NC2CCCCC2)c1NC(=O)c1cc(Cn2nnc(C(F)(F)F)n2)nn1-c1ncccc1Cl. The third-order valence-corrected chi connectivity index (χ3v) is 7.13. The van der Waals surface area contributed by atoms with Crippen LogP contribution in [0.4, 0.5) is 18.9 Å². The molecule has 0 aliphatic heterocycles. The molecule has 2 N–H and O–H groups in total. The maximum atomic E-state index is 13.8. The minimum Gasteiger partial charge on any atom is -0.349 e. The number of carbonyl (C=O) groups excluding carboxylic acids is 2. The zero-order valence-corrected chi connectivity index (χ0v) is 23.4. The van der Waals surface area contributed by atoms with E-state index in [1.807, 2.05) is 6.07 Å². The van der Waals surface area contributed by atoms with Crippen LogP contribution in [0, 0.1) is 18.3 Å². The van der Waals surface area contributed by atoms with Gasteiger partial charge in [-0.1, -0.05) is 30.9 Å². The van der Waals surface area contributed by atoms with Gasteiger partial charge in [-0.3, -0.25) is 9.59 Å². The molecule has 2 amide bonds. The van der Waals surface area contributed by atoms with Gasteiger partial charge in [-0.05, 0) is 60.9 Å². The van der Waals surface area contributed by atoms with Crippen LogP contribution in [0.5, 0.6) is 0 Å². The molecule has 4 aromatic rings. The highest BCUT2D eigenvalue weighted by Gasteiger charge is 2.37. The summed E-state index contributed by atoms with van der Waals surface area (Å²) in [6.45, 7) is 1.30. The quantitative estimate of drug-likeness (QED) is 0.310. The lowest BCUT2D eigenvalue weighted by atomic mass is 9.95. The molecule has 3 heterocycles. The van der Waals surface area contributed by atoms with Crippen molar-refractivity contribution in [1.29, 1.82) is 5.26 Å². The molecular weight excluding hydrogens is 589 g/mol. The third kappa shape index (κ3) is 6.64. The Bertz CT molecular complexity index is 1720. The van der Waals surface area contributed by atoms with Gasteiger partial charge in [0.2, 0.25) is 0 Å². The van der Waals surface area contributed by atoms with E-state index in [2.05, 4.69) is 36.1 Å². The van der Waals surface area contributed by atoms with Crippen LogP contribution in [0.3, 0.4) is 0 Å². The molecule has 3 aromatic heterocycles. The number of hydrogen-bond acceptors (Lipinski definition) is 8. The van der Waals surface area contributed by atoms with E-state index in [9.17, 15) is 28.0 Å². The lowest BCUT2D eigenvalue weighted by Crippen LogP contribution is -2.36. The summed E-state index contributed by atoms with van der Waals surface area (Å²) in [6.07, 6.45) is 1.40. The molecule has 5 rings (SSSR count). The number of halogens is 4. The number of hydrogen-bond donors (Lipinski definition) is 2. The van der Waals surface area contributed by atoms with E-state index in [4.69, 9.17) is 11.6 Å². The average molecular weight is 613 g/mol. The number of carbonyl (C=O) groups is 2. The average Bonchev–Trinajstić information content (AvgIpc) is 3.62. The van der Waals surface area contributed by atoms with Crippen LogP contribution in [0.2, 0.25) is 5.02 Å². The van der Waals surface area contributed by atoms with Crippen molar-refractivity contribution in [3.63, 3.8) is 0 Å². The number of anilines is 1. The molecule has 43 heavy (non-hydrogen) atoms. The highest BCUT2D eigenvalue weighted by atomic mass is 35.5. The number of tetrazole rings is 1. The molecule has 1 aliphatic rings. The van der Waals surface area contributed by atoms with Gasteiger partial charge in [-0.15, -0.1) is 10.2 Å². The molecule has 12 nitrogen and oxygen atoms in total. The predicted octanol–water partition coefficient (Wildman–Crippen LogP) is 4.47. The molecule has 1 fully saturated rings. The summed E-state index contributed by atoms with van der Waals surface area (Å²) < 4.78 is 40.0. The van der Waals surface area contributed by atoms with E-state index in [0.717, 1.165) is 36.8 Å². The Labute approximate surface area is 247 Å². The Kier molecular flexibility index (Phi) is 8.40. The topological polar surface area (TPSA) is 156 Å². The summed E-state index contributed by atoms with van der Waals surface area (Å²) in [5.41, 5.74) is 1.03. The van der Waals surface area contributed by atoms with Crippen LogP contribution >= 0.6 is 11.6 Å². The van der Waals surface area contributed by atoms with Crippen LogP contribution in [0.1, 0.15) is 75.6 Å². The number of nitrogens with one attached hydrogen (secondary N) is 2. The first-order valence-electron chi connectivity index (χ1n) is 13.2. The van der Waals surface area contributed by atoms with Gasteiger partial charge in [0.1, 0.15) is 12.2 Å². The summed E-state index contributed by atoms with van der Waals surface area (Å²) >= 11 is 6.33. The molecule has 222 valence electrons. The molecule has 1 saturated carbocycles. The Morgan fingerprint density at radius 3 is 2.58 bits per heavy atom. The molecule has 16 heteroatoms. The van der Waals surface area contributed by atoms with Crippen molar-refractivity contribution >= 4 is 29.1 Å². The monoisotopic (exact) mass is 612 g/mol. The normalized spacial score (nSPS) is 13.9. The summed E-state index contributed by atoms with van der Waals surface area (Å²) in [7, 11) is 0. The van der Waals surface area contributed by atoms with Crippen molar-refractivity contribution in [3.05, 3.63) is 75.5 Å². The number of aryl methyl sites for hydroxylation is 1. The second kappa shape index (κ2) is 12.2. The van der Waals surface area contributed by atoms with E-state index in [1.54, 1.807) is 19.1 Å². The van der Waals surface area contributed by atoms with Crippen molar-refractivity contribution in [2.45, 2.75) is 57.8 Å². The van der Waals surface area contributed by atoms with Crippen LogP contribution in [-0.2, 0) is 12.7 Å². The standard InChI is InChI=1S/C27H24ClF3N10O2/c1-15-10-16(13-32)11-19(24(42)34-17-6-3-2-4-7-17)22(15)35-25(43)21-12-18(14-40-38-26(36-39-40)27(29,30)31)37-41(21)23-20(28)8-5-9-33-23/h5,8-12,17H,2-4,6-7,14H2,1H3,(H,34,42)(H,35,43). The number of pyridine rings is 1. The van der Waals surface area contributed by atoms with Crippen LogP contribution in [0.25, 0.3) is 5.82 Å². The molecule has 0 unspecified atom stereocenters. The van der Waals surface area contributed by atoms with Crippen molar-refractivity contribution in [2.75, 3.05) is 5.32 Å². The van der Waals surface area contributed by atoms with Crippen molar-refractivity contribution < 1.29 is 22.8 Å². The van der Waals surface area contributed by atoms with Gasteiger partial charge in [-0.25, -0.2) is 9.67 Å². The first kappa shape index (κ1) is 29.6. The Morgan fingerprint density at radius 1 is 1.14 bits per heavy atom. The molecule has 0 atom stereocenters. The van der Waals surface area contributed by atoms with E-state index >= 15 is 0 Å². The summed E-state index contributed by atoms with van der Waals surface area (Å²) in [6, 6.07) is 9.39.